The van der Waals surface area contributed by atoms with Crippen molar-refractivity contribution in [1.29, 1.82) is 0 Å². The maximum atomic E-state index is 11.9. The molecular formula is C13H18O3S. The summed E-state index contributed by atoms with van der Waals surface area (Å²) in [7, 11) is -3.30. The van der Waals surface area contributed by atoms with Crippen molar-refractivity contribution < 1.29 is 13.2 Å². The second-order valence-corrected chi connectivity index (χ2v) is 6.85. The summed E-state index contributed by atoms with van der Waals surface area (Å²) in [5, 5.41) is -0.929. The Hall–Kier alpha value is -1.16. The van der Waals surface area contributed by atoms with E-state index in [1.807, 2.05) is 32.0 Å². The van der Waals surface area contributed by atoms with E-state index in [0.717, 1.165) is 22.9 Å². The number of ketones is 1. The lowest BCUT2D eigenvalue weighted by Gasteiger charge is -2.12. The van der Waals surface area contributed by atoms with E-state index in [4.69, 9.17) is 0 Å². The molecule has 1 atom stereocenters. The molecule has 0 amide bonds. The van der Waals surface area contributed by atoms with Crippen molar-refractivity contribution in [1.82, 2.24) is 0 Å². The van der Waals surface area contributed by atoms with Crippen molar-refractivity contribution in [3.63, 3.8) is 0 Å². The third-order valence-corrected chi connectivity index (χ3v) is 4.64. The van der Waals surface area contributed by atoms with Crippen molar-refractivity contribution in [3.05, 3.63) is 34.9 Å². The molecule has 0 spiro atoms. The molecule has 1 unspecified atom stereocenters. The van der Waals surface area contributed by atoms with Crippen LogP contribution in [0, 0.1) is 13.8 Å². The molecule has 94 valence electrons. The highest BCUT2D eigenvalue weighted by molar-refractivity contribution is 7.92. The molecule has 0 N–H and O–H groups in total. The van der Waals surface area contributed by atoms with Crippen molar-refractivity contribution in [2.75, 3.05) is 6.26 Å². The fourth-order valence-electron chi connectivity index (χ4n) is 1.68. The Labute approximate surface area is 103 Å². The van der Waals surface area contributed by atoms with Crippen LogP contribution in [0.25, 0.3) is 0 Å². The largest absolute Gasteiger partial charge is 0.298 e. The number of hydrogen-bond donors (Lipinski definition) is 0. The molecule has 4 heteroatoms. The van der Waals surface area contributed by atoms with Gasteiger partial charge in [0.15, 0.2) is 15.6 Å². The highest BCUT2D eigenvalue weighted by Crippen LogP contribution is 2.16. The molecule has 1 aromatic rings. The Bertz CT molecular complexity index is 509. The Kier molecular flexibility index (Phi) is 4.09. The minimum atomic E-state index is -3.30. The van der Waals surface area contributed by atoms with Gasteiger partial charge >= 0.3 is 0 Å². The number of carbonyl (C=O) groups is 1. The van der Waals surface area contributed by atoms with Crippen LogP contribution in [-0.4, -0.2) is 25.7 Å². The van der Waals surface area contributed by atoms with Crippen LogP contribution in [0.15, 0.2) is 18.2 Å². The summed E-state index contributed by atoms with van der Waals surface area (Å²) in [6.45, 7) is 5.31. The number of Topliss-reactive ketones (excluding diaryl/α,β-unsaturated/α-hetero) is 1. The summed E-state index contributed by atoms with van der Waals surface area (Å²) < 4.78 is 22.6. The van der Waals surface area contributed by atoms with Crippen LogP contribution in [0.3, 0.4) is 0 Å². The van der Waals surface area contributed by atoms with Gasteiger partial charge in [-0.1, -0.05) is 18.2 Å². The molecule has 0 aliphatic heterocycles. The first-order valence-corrected chi connectivity index (χ1v) is 7.45. The molecule has 0 saturated carbocycles. The van der Waals surface area contributed by atoms with Gasteiger partial charge in [0.25, 0.3) is 0 Å². The van der Waals surface area contributed by atoms with Crippen LogP contribution < -0.4 is 0 Å². The van der Waals surface area contributed by atoms with Crippen LogP contribution in [0.2, 0.25) is 0 Å². The van der Waals surface area contributed by atoms with Crippen molar-refractivity contribution in [3.8, 4) is 0 Å². The topological polar surface area (TPSA) is 51.2 Å². The minimum absolute atomic E-state index is 0.187. The highest BCUT2D eigenvalue weighted by Gasteiger charge is 2.24. The maximum Gasteiger partial charge on any atom is 0.157 e. The zero-order valence-electron chi connectivity index (χ0n) is 10.6. The molecule has 3 nitrogen and oxygen atoms in total. The first kappa shape index (κ1) is 13.9. The summed E-state index contributed by atoms with van der Waals surface area (Å²) in [6.07, 6.45) is 1.28. The molecule has 0 radical (unpaired) electrons. The van der Waals surface area contributed by atoms with E-state index >= 15 is 0 Å². The van der Waals surface area contributed by atoms with Gasteiger partial charge in [-0.3, -0.25) is 4.79 Å². The zero-order chi connectivity index (χ0) is 13.2. The molecule has 0 bridgehead atoms. The molecule has 0 fully saturated rings. The standard InChI is InChI=1S/C13H18O3S/c1-9-6-5-7-10(2)12(9)8-13(14)11(3)17(4,15)16/h5-7,11H,8H2,1-4H3. The molecule has 1 rings (SSSR count). The smallest absolute Gasteiger partial charge is 0.157 e. The first-order valence-electron chi connectivity index (χ1n) is 5.50. The van der Waals surface area contributed by atoms with Crippen LogP contribution in [0.5, 0.6) is 0 Å². The fraction of sp³-hybridized carbons (Fsp3) is 0.462. The maximum absolute atomic E-state index is 11.9. The minimum Gasteiger partial charge on any atom is -0.298 e. The molecule has 0 aliphatic rings. The van der Waals surface area contributed by atoms with Crippen LogP contribution >= 0.6 is 0 Å². The number of benzene rings is 1. The highest BCUT2D eigenvalue weighted by atomic mass is 32.2. The molecule has 0 heterocycles. The molecular weight excluding hydrogens is 236 g/mol. The number of carbonyl (C=O) groups excluding carboxylic acids is 1. The summed E-state index contributed by atoms with van der Waals surface area (Å²) in [6, 6.07) is 5.79. The van der Waals surface area contributed by atoms with E-state index in [1.54, 1.807) is 0 Å². The average molecular weight is 254 g/mol. The SMILES string of the molecule is Cc1cccc(C)c1CC(=O)C(C)S(C)(=O)=O. The second-order valence-electron chi connectivity index (χ2n) is 4.49. The average Bonchev–Trinajstić information content (AvgIpc) is 2.21. The van der Waals surface area contributed by atoms with E-state index in [9.17, 15) is 13.2 Å². The lowest BCUT2D eigenvalue weighted by molar-refractivity contribution is -0.117. The third-order valence-electron chi connectivity index (χ3n) is 3.09. The third kappa shape index (κ3) is 3.40. The first-order chi connectivity index (χ1) is 7.73. The Morgan fingerprint density at radius 3 is 2.12 bits per heavy atom. The van der Waals surface area contributed by atoms with Gasteiger partial charge in [0.2, 0.25) is 0 Å². The monoisotopic (exact) mass is 254 g/mol. The molecule has 1 aromatic carbocycles. The predicted molar refractivity (Wildman–Crippen MR) is 68.9 cm³/mol. The number of hydrogen-bond acceptors (Lipinski definition) is 3. The van der Waals surface area contributed by atoms with Crippen LogP contribution in [-0.2, 0) is 21.1 Å². The fourth-order valence-corrected chi connectivity index (χ4v) is 2.25. The normalized spacial score (nSPS) is 13.4. The Morgan fingerprint density at radius 1 is 1.24 bits per heavy atom. The zero-order valence-corrected chi connectivity index (χ0v) is 11.5. The van der Waals surface area contributed by atoms with E-state index in [0.29, 0.717) is 0 Å². The van der Waals surface area contributed by atoms with E-state index in [2.05, 4.69) is 0 Å². The molecule has 0 aliphatic carbocycles. The lowest BCUT2D eigenvalue weighted by Crippen LogP contribution is -2.28. The quantitative estimate of drug-likeness (QED) is 0.824. The van der Waals surface area contributed by atoms with Crippen molar-refractivity contribution in [2.45, 2.75) is 32.4 Å². The summed E-state index contributed by atoms with van der Waals surface area (Å²) in [5.74, 6) is -0.245. The van der Waals surface area contributed by atoms with E-state index in [-0.39, 0.29) is 12.2 Å². The van der Waals surface area contributed by atoms with Gasteiger partial charge < -0.3 is 0 Å². The van der Waals surface area contributed by atoms with Gasteiger partial charge in [0, 0.05) is 12.7 Å². The van der Waals surface area contributed by atoms with Gasteiger partial charge in [0.1, 0.15) is 5.25 Å². The van der Waals surface area contributed by atoms with Crippen molar-refractivity contribution in [2.24, 2.45) is 0 Å². The van der Waals surface area contributed by atoms with Crippen LogP contribution in [0.4, 0.5) is 0 Å². The van der Waals surface area contributed by atoms with Crippen molar-refractivity contribution >= 4 is 15.6 Å². The lowest BCUT2D eigenvalue weighted by atomic mass is 9.97. The number of rotatable bonds is 4. The van der Waals surface area contributed by atoms with Gasteiger partial charge in [-0.2, -0.15) is 0 Å². The van der Waals surface area contributed by atoms with Gasteiger partial charge in [-0.15, -0.1) is 0 Å². The summed E-state index contributed by atoms with van der Waals surface area (Å²) in [4.78, 5) is 11.9. The van der Waals surface area contributed by atoms with Gasteiger partial charge in [-0.05, 0) is 37.5 Å². The summed E-state index contributed by atoms with van der Waals surface area (Å²) >= 11 is 0. The van der Waals surface area contributed by atoms with E-state index < -0.39 is 15.1 Å². The Morgan fingerprint density at radius 2 is 1.71 bits per heavy atom. The van der Waals surface area contributed by atoms with Gasteiger partial charge in [0.05, 0.1) is 0 Å². The Balaban J connectivity index is 2.97. The number of sulfone groups is 1. The molecule has 0 aromatic heterocycles. The summed E-state index contributed by atoms with van der Waals surface area (Å²) in [5.41, 5.74) is 2.99. The van der Waals surface area contributed by atoms with Gasteiger partial charge in [-0.25, -0.2) is 8.42 Å². The molecule has 0 saturated heterocycles. The molecule has 17 heavy (non-hydrogen) atoms. The number of aryl methyl sites for hydroxylation is 2. The predicted octanol–water partition coefficient (Wildman–Crippen LogP) is 1.85. The van der Waals surface area contributed by atoms with Crippen LogP contribution in [0.1, 0.15) is 23.6 Å². The second kappa shape index (κ2) is 5.00. The van der Waals surface area contributed by atoms with E-state index in [1.165, 1.54) is 6.92 Å².